The van der Waals surface area contributed by atoms with Gasteiger partial charge in [0, 0.05) is 29.5 Å². The highest BCUT2D eigenvalue weighted by Crippen LogP contribution is 2.30. The van der Waals surface area contributed by atoms with Crippen LogP contribution in [0.1, 0.15) is 33.6 Å². The molecule has 2 atom stereocenters. The Hall–Kier alpha value is -2.74. The standard InChI is InChI=1S/C19H17BrN4O3/c20-12-3-4-15-14(8-12)19(27)24-7-5-13(9-16(24)18(26)23-15)22-17(25)11-2-1-6-21-10-11/h1-4,6,8,10,13,16H,5,7,9H2,(H,22,25)(H,23,26)/t13-,16+/m1/s1. The van der Waals surface area contributed by atoms with Crippen molar-refractivity contribution in [2.45, 2.75) is 24.9 Å². The normalized spacial score (nSPS) is 21.6. The molecule has 0 radical (unpaired) electrons. The van der Waals surface area contributed by atoms with Gasteiger partial charge in [-0.2, -0.15) is 0 Å². The van der Waals surface area contributed by atoms with Crippen LogP contribution in [0.25, 0.3) is 0 Å². The monoisotopic (exact) mass is 428 g/mol. The molecule has 1 aromatic carbocycles. The van der Waals surface area contributed by atoms with Crippen LogP contribution >= 0.6 is 15.9 Å². The third kappa shape index (κ3) is 3.44. The van der Waals surface area contributed by atoms with Gasteiger partial charge in [0.1, 0.15) is 6.04 Å². The van der Waals surface area contributed by atoms with Gasteiger partial charge in [0.2, 0.25) is 5.91 Å². The van der Waals surface area contributed by atoms with Gasteiger partial charge in [0.15, 0.2) is 0 Å². The predicted molar refractivity (Wildman–Crippen MR) is 102 cm³/mol. The lowest BCUT2D eigenvalue weighted by atomic mass is 9.96. The Kier molecular flexibility index (Phi) is 4.65. The number of hydrogen-bond acceptors (Lipinski definition) is 4. The lowest BCUT2D eigenvalue weighted by Gasteiger charge is -2.37. The summed E-state index contributed by atoms with van der Waals surface area (Å²) in [5.41, 5.74) is 1.45. The minimum absolute atomic E-state index is 0.174. The Morgan fingerprint density at radius 1 is 1.30 bits per heavy atom. The zero-order valence-electron chi connectivity index (χ0n) is 14.3. The Labute approximate surface area is 164 Å². The van der Waals surface area contributed by atoms with Crippen molar-refractivity contribution in [2.75, 3.05) is 11.9 Å². The Morgan fingerprint density at radius 3 is 2.93 bits per heavy atom. The molecule has 0 aliphatic carbocycles. The molecule has 0 saturated carbocycles. The summed E-state index contributed by atoms with van der Waals surface area (Å²) in [6.45, 7) is 0.404. The molecule has 138 valence electrons. The molecule has 2 aliphatic rings. The number of benzene rings is 1. The second-order valence-electron chi connectivity index (χ2n) is 6.63. The van der Waals surface area contributed by atoms with Crippen molar-refractivity contribution in [3.05, 3.63) is 58.3 Å². The number of carbonyl (C=O) groups excluding carboxylic acids is 3. The van der Waals surface area contributed by atoms with E-state index in [0.717, 1.165) is 4.47 Å². The number of pyridine rings is 1. The van der Waals surface area contributed by atoms with Crippen molar-refractivity contribution in [3.63, 3.8) is 0 Å². The first-order chi connectivity index (χ1) is 13.0. The van der Waals surface area contributed by atoms with Gasteiger partial charge in [-0.25, -0.2) is 0 Å². The van der Waals surface area contributed by atoms with Crippen LogP contribution in [0.3, 0.4) is 0 Å². The molecule has 2 N–H and O–H groups in total. The number of carbonyl (C=O) groups is 3. The van der Waals surface area contributed by atoms with E-state index in [-0.39, 0.29) is 23.8 Å². The number of nitrogens with one attached hydrogen (secondary N) is 2. The van der Waals surface area contributed by atoms with Crippen molar-refractivity contribution >= 4 is 39.3 Å². The summed E-state index contributed by atoms with van der Waals surface area (Å²) in [5.74, 6) is -0.634. The molecule has 1 saturated heterocycles. The molecular formula is C19H17BrN4O3. The topological polar surface area (TPSA) is 91.4 Å². The number of fused-ring (bicyclic) bond motifs is 2. The minimum Gasteiger partial charge on any atom is -0.349 e. The summed E-state index contributed by atoms with van der Waals surface area (Å²) in [7, 11) is 0. The number of hydrogen-bond donors (Lipinski definition) is 2. The summed E-state index contributed by atoms with van der Waals surface area (Å²) < 4.78 is 0.779. The second kappa shape index (κ2) is 7.11. The third-order valence-electron chi connectivity index (χ3n) is 4.89. The van der Waals surface area contributed by atoms with E-state index in [9.17, 15) is 14.4 Å². The summed E-state index contributed by atoms with van der Waals surface area (Å²) in [4.78, 5) is 43.6. The minimum atomic E-state index is -0.614. The second-order valence-corrected chi connectivity index (χ2v) is 7.55. The number of aromatic nitrogens is 1. The molecule has 0 unspecified atom stereocenters. The van der Waals surface area contributed by atoms with Gasteiger partial charge in [-0.1, -0.05) is 15.9 Å². The molecular weight excluding hydrogens is 412 g/mol. The van der Waals surface area contributed by atoms with Gasteiger partial charge in [-0.15, -0.1) is 0 Å². The van der Waals surface area contributed by atoms with Crippen LogP contribution in [0, 0.1) is 0 Å². The molecule has 2 aromatic rings. The van der Waals surface area contributed by atoms with Crippen molar-refractivity contribution in [1.82, 2.24) is 15.2 Å². The van der Waals surface area contributed by atoms with E-state index in [0.29, 0.717) is 36.2 Å². The van der Waals surface area contributed by atoms with Crippen LogP contribution in [0.4, 0.5) is 5.69 Å². The predicted octanol–water partition coefficient (Wildman–Crippen LogP) is 2.20. The van der Waals surface area contributed by atoms with Crippen LogP contribution in [0.15, 0.2) is 47.2 Å². The van der Waals surface area contributed by atoms with E-state index in [2.05, 4.69) is 31.5 Å². The van der Waals surface area contributed by atoms with Crippen LogP contribution in [0.2, 0.25) is 0 Å². The van der Waals surface area contributed by atoms with E-state index < -0.39 is 6.04 Å². The fourth-order valence-electron chi connectivity index (χ4n) is 3.53. The molecule has 7 nitrogen and oxygen atoms in total. The largest absolute Gasteiger partial charge is 0.349 e. The Morgan fingerprint density at radius 2 is 2.15 bits per heavy atom. The van der Waals surface area contributed by atoms with Crippen molar-refractivity contribution in [1.29, 1.82) is 0 Å². The van der Waals surface area contributed by atoms with E-state index in [1.807, 2.05) is 0 Å². The van der Waals surface area contributed by atoms with E-state index in [1.165, 1.54) is 6.20 Å². The maximum Gasteiger partial charge on any atom is 0.256 e. The van der Waals surface area contributed by atoms with Crippen LogP contribution < -0.4 is 10.6 Å². The zero-order valence-corrected chi connectivity index (χ0v) is 15.9. The number of nitrogens with zero attached hydrogens (tertiary/aromatic N) is 2. The summed E-state index contributed by atoms with van der Waals surface area (Å²) in [6, 6.07) is 7.81. The van der Waals surface area contributed by atoms with E-state index in [4.69, 9.17) is 0 Å². The average molecular weight is 429 g/mol. The first-order valence-electron chi connectivity index (χ1n) is 8.65. The van der Waals surface area contributed by atoms with Gasteiger partial charge < -0.3 is 15.5 Å². The molecule has 4 rings (SSSR count). The van der Waals surface area contributed by atoms with Gasteiger partial charge in [0.05, 0.1) is 16.8 Å². The van der Waals surface area contributed by atoms with Crippen LogP contribution in [-0.2, 0) is 4.79 Å². The maximum atomic E-state index is 12.9. The highest BCUT2D eigenvalue weighted by atomic mass is 79.9. The first-order valence-corrected chi connectivity index (χ1v) is 9.44. The quantitative estimate of drug-likeness (QED) is 0.766. The number of amides is 3. The molecule has 8 heteroatoms. The summed E-state index contributed by atoms with van der Waals surface area (Å²) >= 11 is 3.37. The lowest BCUT2D eigenvalue weighted by Crippen LogP contribution is -2.55. The molecule has 1 aromatic heterocycles. The smallest absolute Gasteiger partial charge is 0.256 e. The Balaban J connectivity index is 1.52. The SMILES string of the molecule is O=C(N[C@@H]1CCN2C(=O)c3cc(Br)ccc3NC(=O)[C@@H]2C1)c1cccnc1. The van der Waals surface area contributed by atoms with Gasteiger partial charge in [0.25, 0.3) is 11.8 Å². The number of piperidine rings is 1. The van der Waals surface area contributed by atoms with Crippen molar-refractivity contribution in [2.24, 2.45) is 0 Å². The number of halogens is 1. The number of rotatable bonds is 2. The maximum absolute atomic E-state index is 12.9. The fraction of sp³-hybridized carbons (Fsp3) is 0.263. The molecule has 0 spiro atoms. The van der Waals surface area contributed by atoms with Gasteiger partial charge in [-0.05, 0) is 43.2 Å². The molecule has 1 fully saturated rings. The fourth-order valence-corrected chi connectivity index (χ4v) is 3.89. The average Bonchev–Trinajstić information content (AvgIpc) is 2.78. The first kappa shape index (κ1) is 17.7. The molecule has 0 bridgehead atoms. The van der Waals surface area contributed by atoms with Crippen LogP contribution in [-0.4, -0.2) is 46.2 Å². The lowest BCUT2D eigenvalue weighted by molar-refractivity contribution is -0.121. The van der Waals surface area contributed by atoms with Crippen molar-refractivity contribution < 1.29 is 14.4 Å². The molecule has 3 heterocycles. The highest BCUT2D eigenvalue weighted by molar-refractivity contribution is 9.10. The van der Waals surface area contributed by atoms with E-state index >= 15 is 0 Å². The molecule has 27 heavy (non-hydrogen) atoms. The van der Waals surface area contributed by atoms with Crippen LogP contribution in [0.5, 0.6) is 0 Å². The van der Waals surface area contributed by atoms with Gasteiger partial charge in [-0.3, -0.25) is 19.4 Å². The molecule has 2 aliphatic heterocycles. The number of anilines is 1. The highest BCUT2D eigenvalue weighted by Gasteiger charge is 2.40. The third-order valence-corrected chi connectivity index (χ3v) is 5.39. The Bertz CT molecular complexity index is 918. The van der Waals surface area contributed by atoms with E-state index in [1.54, 1.807) is 41.4 Å². The van der Waals surface area contributed by atoms with Gasteiger partial charge >= 0.3 is 0 Å². The van der Waals surface area contributed by atoms with Crippen molar-refractivity contribution in [3.8, 4) is 0 Å². The summed E-state index contributed by atoms with van der Waals surface area (Å²) in [5, 5.41) is 5.79. The summed E-state index contributed by atoms with van der Waals surface area (Å²) in [6.07, 6.45) is 4.07. The zero-order chi connectivity index (χ0) is 19.0. The molecule has 3 amide bonds.